The van der Waals surface area contributed by atoms with E-state index in [1.807, 2.05) is 0 Å². The number of carbonyl (C=O) groups is 2. The van der Waals surface area contributed by atoms with Crippen LogP contribution in [0.25, 0.3) is 20.9 Å². The summed E-state index contributed by atoms with van der Waals surface area (Å²) in [6, 6.07) is 0. The van der Waals surface area contributed by atoms with Gasteiger partial charge in [0.05, 0.1) is 0 Å². The number of carbonyl (C=O) groups excluding carboxylic acids is 2. The van der Waals surface area contributed by atoms with Gasteiger partial charge in [-0.25, -0.2) is 0 Å². The summed E-state index contributed by atoms with van der Waals surface area (Å²) < 4.78 is 0. The van der Waals surface area contributed by atoms with E-state index in [0.717, 1.165) is 11.5 Å². The van der Waals surface area contributed by atoms with Gasteiger partial charge in [-0.05, 0) is 23.9 Å². The lowest BCUT2D eigenvalue weighted by molar-refractivity contribution is -0.121. The van der Waals surface area contributed by atoms with Crippen LogP contribution in [0, 0.1) is 0 Å². The molecule has 12 heteroatoms. The molecule has 0 aromatic heterocycles. The number of hydrogen-bond donors (Lipinski definition) is 2. The second kappa shape index (κ2) is 17.6. The molecule has 2 N–H and O–H groups in total. The van der Waals surface area contributed by atoms with Crippen LogP contribution in [0.3, 0.4) is 0 Å². The molecule has 0 aliphatic heterocycles. The van der Waals surface area contributed by atoms with Crippen molar-refractivity contribution in [2.24, 2.45) is 10.2 Å². The van der Waals surface area contributed by atoms with E-state index in [-0.39, 0.29) is 11.8 Å². The average Bonchev–Trinajstić information content (AvgIpc) is 2.58. The highest BCUT2D eigenvalue weighted by Gasteiger charge is 2.01. The molecule has 24 heavy (non-hydrogen) atoms. The summed E-state index contributed by atoms with van der Waals surface area (Å²) >= 11 is 0. The zero-order valence-electron chi connectivity index (χ0n) is 13.4. The molecule has 0 fully saturated rings. The van der Waals surface area contributed by atoms with E-state index >= 15 is 0 Å². The quantitative estimate of drug-likeness (QED) is 0.148. The highest BCUT2D eigenvalue weighted by Crippen LogP contribution is 2.19. The number of azide groups is 2. The molecular formula is C12H22N8O2S2. The molecule has 0 saturated heterocycles. The minimum Gasteiger partial charge on any atom is -0.355 e. The topological polar surface area (TPSA) is 156 Å². The van der Waals surface area contributed by atoms with Gasteiger partial charge in [0.15, 0.2) is 0 Å². The van der Waals surface area contributed by atoms with Crippen LogP contribution in [0.1, 0.15) is 25.7 Å². The van der Waals surface area contributed by atoms with Gasteiger partial charge in [-0.15, -0.1) is 0 Å². The molecule has 0 radical (unpaired) electrons. The molecule has 0 aromatic rings. The molecule has 0 aliphatic carbocycles. The van der Waals surface area contributed by atoms with Crippen molar-refractivity contribution in [2.75, 3.05) is 37.7 Å². The van der Waals surface area contributed by atoms with Crippen molar-refractivity contribution in [3.05, 3.63) is 20.9 Å². The van der Waals surface area contributed by atoms with E-state index in [1.165, 1.54) is 0 Å². The van der Waals surface area contributed by atoms with E-state index in [1.54, 1.807) is 21.6 Å². The van der Waals surface area contributed by atoms with Gasteiger partial charge in [0.2, 0.25) is 11.8 Å². The molecule has 0 rings (SSSR count). The molecule has 0 saturated carbocycles. The Hall–Kier alpha value is -1.74. The maximum atomic E-state index is 11.4. The van der Waals surface area contributed by atoms with Crippen LogP contribution in [0.4, 0.5) is 0 Å². The van der Waals surface area contributed by atoms with Gasteiger partial charge in [-0.2, -0.15) is 0 Å². The predicted octanol–water partition coefficient (Wildman–Crippen LogP) is 2.78. The third-order valence-electron chi connectivity index (χ3n) is 2.55. The summed E-state index contributed by atoms with van der Waals surface area (Å²) in [5, 5.41) is 12.3. The number of amides is 2. The van der Waals surface area contributed by atoms with Crippen LogP contribution >= 0.6 is 21.6 Å². The van der Waals surface area contributed by atoms with E-state index in [2.05, 4.69) is 30.7 Å². The van der Waals surface area contributed by atoms with Crippen molar-refractivity contribution >= 4 is 33.4 Å². The second-order valence-corrected chi connectivity index (χ2v) is 7.16. The van der Waals surface area contributed by atoms with Crippen molar-refractivity contribution in [2.45, 2.75) is 25.7 Å². The fourth-order valence-corrected chi connectivity index (χ4v) is 3.28. The monoisotopic (exact) mass is 374 g/mol. The van der Waals surface area contributed by atoms with Gasteiger partial charge in [0.25, 0.3) is 0 Å². The smallest absolute Gasteiger partial charge is 0.220 e. The predicted molar refractivity (Wildman–Crippen MR) is 97.4 cm³/mol. The maximum Gasteiger partial charge on any atom is 0.220 e. The highest BCUT2D eigenvalue weighted by molar-refractivity contribution is 8.76. The van der Waals surface area contributed by atoms with Crippen molar-refractivity contribution in [1.82, 2.24) is 10.6 Å². The lowest BCUT2D eigenvalue weighted by Gasteiger charge is -2.05. The molecule has 0 atom stereocenters. The van der Waals surface area contributed by atoms with Crippen LogP contribution in [0.5, 0.6) is 0 Å². The fraction of sp³-hybridized carbons (Fsp3) is 0.833. The van der Waals surface area contributed by atoms with Gasteiger partial charge in [-0.3, -0.25) is 9.59 Å². The van der Waals surface area contributed by atoms with Crippen LogP contribution in [-0.2, 0) is 9.59 Å². The van der Waals surface area contributed by atoms with E-state index in [4.69, 9.17) is 11.1 Å². The molecule has 0 spiro atoms. The molecule has 0 bridgehead atoms. The molecular weight excluding hydrogens is 352 g/mol. The van der Waals surface area contributed by atoms with Crippen LogP contribution < -0.4 is 10.6 Å². The van der Waals surface area contributed by atoms with Crippen molar-refractivity contribution < 1.29 is 9.59 Å². The number of rotatable bonds is 15. The number of nitrogens with one attached hydrogen (secondary N) is 2. The Morgan fingerprint density at radius 3 is 1.62 bits per heavy atom. The lowest BCUT2D eigenvalue weighted by atomic mass is 10.3. The fourth-order valence-electron chi connectivity index (χ4n) is 1.47. The molecule has 0 heterocycles. The lowest BCUT2D eigenvalue weighted by Crippen LogP contribution is -2.26. The van der Waals surface area contributed by atoms with E-state index < -0.39 is 0 Å². The van der Waals surface area contributed by atoms with Crippen LogP contribution in [0.2, 0.25) is 0 Å². The van der Waals surface area contributed by atoms with Crippen LogP contribution in [0.15, 0.2) is 10.2 Å². The first kappa shape index (κ1) is 22.3. The van der Waals surface area contributed by atoms with Crippen molar-refractivity contribution in [3.8, 4) is 0 Å². The molecule has 10 nitrogen and oxygen atoms in total. The summed E-state index contributed by atoms with van der Waals surface area (Å²) in [7, 11) is 3.26. The second-order valence-electron chi connectivity index (χ2n) is 4.46. The minimum absolute atomic E-state index is 0.0401. The van der Waals surface area contributed by atoms with Crippen LogP contribution in [-0.4, -0.2) is 49.5 Å². The zero-order chi connectivity index (χ0) is 17.9. The standard InChI is InChI=1S/C12H22N8O2S2/c13-19-17-5-1-3-11(21)15-7-9-23-24-10-8-16-12(22)4-2-6-18-20-14/h1-10H2,(H,15,21)(H,16,22). The van der Waals surface area contributed by atoms with Gasteiger partial charge in [0.1, 0.15) is 0 Å². The summed E-state index contributed by atoms with van der Waals surface area (Å²) in [6.45, 7) is 1.85. The third kappa shape index (κ3) is 16.6. The zero-order valence-corrected chi connectivity index (χ0v) is 15.0. The molecule has 2 amide bonds. The van der Waals surface area contributed by atoms with Crippen molar-refractivity contribution in [3.63, 3.8) is 0 Å². The van der Waals surface area contributed by atoms with E-state index in [0.29, 0.717) is 51.9 Å². The van der Waals surface area contributed by atoms with Crippen molar-refractivity contribution in [1.29, 1.82) is 0 Å². The summed E-state index contributed by atoms with van der Waals surface area (Å²) in [5.74, 6) is 1.49. The number of nitrogens with zero attached hydrogens (tertiary/aromatic N) is 6. The first-order valence-corrected chi connectivity index (χ1v) is 9.99. The molecule has 0 aliphatic rings. The number of hydrogen-bond acceptors (Lipinski definition) is 6. The van der Waals surface area contributed by atoms with Gasteiger partial charge in [-0.1, -0.05) is 31.8 Å². The molecule has 134 valence electrons. The van der Waals surface area contributed by atoms with Gasteiger partial charge in [0, 0.05) is 60.3 Å². The normalized spacial score (nSPS) is 9.50. The Labute approximate surface area is 148 Å². The first-order chi connectivity index (χ1) is 11.7. The third-order valence-corrected chi connectivity index (χ3v) is 4.96. The Kier molecular flexibility index (Phi) is 16.3. The summed E-state index contributed by atoms with van der Waals surface area (Å²) in [4.78, 5) is 28.1. The summed E-state index contributed by atoms with van der Waals surface area (Å²) in [6.07, 6.45) is 1.84. The van der Waals surface area contributed by atoms with Gasteiger partial charge >= 0.3 is 0 Å². The molecule has 0 unspecified atom stereocenters. The largest absolute Gasteiger partial charge is 0.355 e. The molecule has 0 aromatic carbocycles. The van der Waals surface area contributed by atoms with Gasteiger partial charge < -0.3 is 10.6 Å². The first-order valence-electron chi connectivity index (χ1n) is 7.50. The summed E-state index contributed by atoms with van der Waals surface area (Å²) in [5.41, 5.74) is 16.2. The Balaban J connectivity index is 3.32. The Morgan fingerprint density at radius 2 is 1.25 bits per heavy atom. The minimum atomic E-state index is -0.0401. The maximum absolute atomic E-state index is 11.4. The highest BCUT2D eigenvalue weighted by atomic mass is 33.1. The Bertz CT molecular complexity index is 422. The SMILES string of the molecule is [N-]=[N+]=NCCCC(=O)NCCSSCCNC(=O)CCCN=[N+]=[N-]. The Morgan fingerprint density at radius 1 is 0.833 bits per heavy atom. The van der Waals surface area contributed by atoms with E-state index in [9.17, 15) is 9.59 Å². The average molecular weight is 374 g/mol.